The molecule has 1 fully saturated rings. The molecule has 0 bridgehead atoms. The molecule has 2 unspecified atom stereocenters. The fourth-order valence-electron chi connectivity index (χ4n) is 2.55. The van der Waals surface area contributed by atoms with Crippen molar-refractivity contribution in [3.63, 3.8) is 0 Å². The van der Waals surface area contributed by atoms with Crippen LogP contribution < -0.4 is 5.73 Å². The summed E-state index contributed by atoms with van der Waals surface area (Å²) in [7, 11) is 1.58. The number of ether oxygens (including phenoxy) is 1. The van der Waals surface area contributed by atoms with E-state index in [1.807, 2.05) is 35.2 Å². The standard InChI is InChI=1S/C15H22N2O2.ClH/c1-15(10-16)8-9-17(11-15)14(18)13(19-2)12-6-4-3-5-7-12;/h3-7,13H,8-11,16H2,1-2H3;1H. The lowest BCUT2D eigenvalue weighted by atomic mass is 9.90. The second-order valence-corrected chi connectivity index (χ2v) is 5.55. The Morgan fingerprint density at radius 3 is 2.60 bits per heavy atom. The fraction of sp³-hybridized carbons (Fsp3) is 0.533. The van der Waals surface area contributed by atoms with Gasteiger partial charge in [0.25, 0.3) is 5.91 Å². The number of hydrogen-bond donors (Lipinski definition) is 1. The second kappa shape index (κ2) is 7.07. The van der Waals surface area contributed by atoms with Gasteiger partial charge in [-0.3, -0.25) is 4.79 Å². The maximum Gasteiger partial charge on any atom is 0.256 e. The van der Waals surface area contributed by atoms with Crippen LogP contribution in [0.25, 0.3) is 0 Å². The molecule has 0 aliphatic carbocycles. The molecular weight excluding hydrogens is 276 g/mol. The van der Waals surface area contributed by atoms with Crippen LogP contribution in [0.15, 0.2) is 30.3 Å². The summed E-state index contributed by atoms with van der Waals surface area (Å²) >= 11 is 0. The summed E-state index contributed by atoms with van der Waals surface area (Å²) in [5.74, 6) is 0.0332. The van der Waals surface area contributed by atoms with Crippen LogP contribution in [0.4, 0.5) is 0 Å². The van der Waals surface area contributed by atoms with E-state index in [2.05, 4.69) is 6.92 Å². The average molecular weight is 299 g/mol. The summed E-state index contributed by atoms with van der Waals surface area (Å²) < 4.78 is 5.39. The first-order chi connectivity index (χ1) is 9.09. The van der Waals surface area contributed by atoms with Crippen molar-refractivity contribution in [2.45, 2.75) is 19.4 Å². The molecule has 0 saturated carbocycles. The summed E-state index contributed by atoms with van der Waals surface area (Å²) in [4.78, 5) is 14.4. The van der Waals surface area contributed by atoms with Gasteiger partial charge in [0, 0.05) is 20.2 Å². The van der Waals surface area contributed by atoms with Crippen molar-refractivity contribution in [1.29, 1.82) is 0 Å². The van der Waals surface area contributed by atoms with E-state index in [1.54, 1.807) is 7.11 Å². The number of benzene rings is 1. The van der Waals surface area contributed by atoms with Gasteiger partial charge in [0.05, 0.1) is 0 Å². The zero-order chi connectivity index (χ0) is 13.9. The normalized spacial score (nSPS) is 23.2. The van der Waals surface area contributed by atoms with Gasteiger partial charge >= 0.3 is 0 Å². The highest BCUT2D eigenvalue weighted by molar-refractivity contribution is 5.85. The Kier molecular flexibility index (Phi) is 5.99. The molecule has 0 spiro atoms. The zero-order valence-electron chi connectivity index (χ0n) is 12.0. The molecule has 1 heterocycles. The highest BCUT2D eigenvalue weighted by atomic mass is 35.5. The number of rotatable bonds is 4. The van der Waals surface area contributed by atoms with Crippen molar-refractivity contribution in [3.8, 4) is 0 Å². The molecule has 1 aromatic carbocycles. The van der Waals surface area contributed by atoms with E-state index in [-0.39, 0.29) is 23.7 Å². The van der Waals surface area contributed by atoms with Crippen molar-refractivity contribution < 1.29 is 9.53 Å². The van der Waals surface area contributed by atoms with Gasteiger partial charge in [0.15, 0.2) is 6.10 Å². The molecule has 0 aromatic heterocycles. The number of carbonyl (C=O) groups is 1. The van der Waals surface area contributed by atoms with Crippen molar-refractivity contribution >= 4 is 18.3 Å². The molecule has 1 aliphatic rings. The molecule has 5 heteroatoms. The Morgan fingerprint density at radius 2 is 2.10 bits per heavy atom. The number of hydrogen-bond acceptors (Lipinski definition) is 3. The van der Waals surface area contributed by atoms with Crippen LogP contribution in [0.5, 0.6) is 0 Å². The lowest BCUT2D eigenvalue weighted by Gasteiger charge is -2.25. The predicted molar refractivity (Wildman–Crippen MR) is 81.8 cm³/mol. The van der Waals surface area contributed by atoms with Crippen LogP contribution >= 0.6 is 12.4 Å². The van der Waals surface area contributed by atoms with Crippen molar-refractivity contribution in [2.75, 3.05) is 26.7 Å². The largest absolute Gasteiger partial charge is 0.367 e. The maximum absolute atomic E-state index is 12.5. The molecule has 20 heavy (non-hydrogen) atoms. The first kappa shape index (κ1) is 17.0. The third kappa shape index (κ3) is 3.51. The first-order valence-electron chi connectivity index (χ1n) is 6.66. The molecule has 2 atom stereocenters. The number of methoxy groups -OCH3 is 1. The third-order valence-corrected chi connectivity index (χ3v) is 3.92. The average Bonchev–Trinajstić information content (AvgIpc) is 2.84. The third-order valence-electron chi connectivity index (χ3n) is 3.92. The van der Waals surface area contributed by atoms with E-state index in [0.29, 0.717) is 6.54 Å². The van der Waals surface area contributed by atoms with Gasteiger partial charge in [-0.2, -0.15) is 0 Å². The van der Waals surface area contributed by atoms with Gasteiger partial charge in [-0.1, -0.05) is 37.3 Å². The van der Waals surface area contributed by atoms with Gasteiger partial charge in [-0.05, 0) is 23.9 Å². The van der Waals surface area contributed by atoms with Gasteiger partial charge in [0.1, 0.15) is 0 Å². The van der Waals surface area contributed by atoms with Gasteiger partial charge < -0.3 is 15.4 Å². The van der Waals surface area contributed by atoms with Crippen LogP contribution in [0.1, 0.15) is 25.0 Å². The Bertz CT molecular complexity index is 441. The first-order valence-corrected chi connectivity index (χ1v) is 6.66. The van der Waals surface area contributed by atoms with E-state index < -0.39 is 6.10 Å². The molecule has 4 nitrogen and oxygen atoms in total. The monoisotopic (exact) mass is 298 g/mol. The quantitative estimate of drug-likeness (QED) is 0.925. The van der Waals surface area contributed by atoms with E-state index in [9.17, 15) is 4.79 Å². The minimum atomic E-state index is -0.513. The summed E-state index contributed by atoms with van der Waals surface area (Å²) in [5, 5.41) is 0. The number of nitrogens with zero attached hydrogens (tertiary/aromatic N) is 1. The summed E-state index contributed by atoms with van der Waals surface area (Å²) in [6, 6.07) is 9.61. The zero-order valence-corrected chi connectivity index (χ0v) is 12.9. The molecule has 1 aromatic rings. The Morgan fingerprint density at radius 1 is 1.45 bits per heavy atom. The molecule has 112 valence electrons. The van der Waals surface area contributed by atoms with Gasteiger partial charge in [-0.25, -0.2) is 0 Å². The van der Waals surface area contributed by atoms with E-state index in [1.165, 1.54) is 0 Å². The van der Waals surface area contributed by atoms with E-state index in [4.69, 9.17) is 10.5 Å². The van der Waals surface area contributed by atoms with Crippen LogP contribution in [0, 0.1) is 5.41 Å². The second-order valence-electron chi connectivity index (χ2n) is 5.55. The topological polar surface area (TPSA) is 55.6 Å². The number of carbonyl (C=O) groups excluding carboxylic acids is 1. The van der Waals surface area contributed by atoms with Crippen molar-refractivity contribution in [1.82, 2.24) is 4.90 Å². The Balaban J connectivity index is 0.00000200. The molecule has 2 N–H and O–H groups in total. The lowest BCUT2D eigenvalue weighted by molar-refractivity contribution is -0.141. The highest BCUT2D eigenvalue weighted by Gasteiger charge is 2.37. The van der Waals surface area contributed by atoms with Gasteiger partial charge in [-0.15, -0.1) is 12.4 Å². The summed E-state index contributed by atoms with van der Waals surface area (Å²) in [6.45, 7) is 4.22. The lowest BCUT2D eigenvalue weighted by Crippen LogP contribution is -2.37. The molecule has 1 saturated heterocycles. The minimum Gasteiger partial charge on any atom is -0.367 e. The SMILES string of the molecule is COC(C(=O)N1CCC(C)(CN)C1)c1ccccc1.Cl. The van der Waals surface area contributed by atoms with Crippen molar-refractivity contribution in [3.05, 3.63) is 35.9 Å². The molecule has 2 rings (SSSR count). The smallest absolute Gasteiger partial charge is 0.256 e. The van der Waals surface area contributed by atoms with Crippen LogP contribution in [-0.4, -0.2) is 37.6 Å². The Labute approximate surface area is 126 Å². The molecular formula is C15H23ClN2O2. The van der Waals surface area contributed by atoms with Crippen LogP contribution in [0.2, 0.25) is 0 Å². The van der Waals surface area contributed by atoms with Crippen molar-refractivity contribution in [2.24, 2.45) is 11.1 Å². The summed E-state index contributed by atoms with van der Waals surface area (Å²) in [5.41, 5.74) is 6.73. The van der Waals surface area contributed by atoms with Gasteiger partial charge in [0.2, 0.25) is 0 Å². The molecule has 1 aliphatic heterocycles. The van der Waals surface area contributed by atoms with Crippen LogP contribution in [0.3, 0.4) is 0 Å². The molecule has 1 amide bonds. The van der Waals surface area contributed by atoms with E-state index >= 15 is 0 Å². The molecule has 0 radical (unpaired) electrons. The minimum absolute atomic E-state index is 0. The highest BCUT2D eigenvalue weighted by Crippen LogP contribution is 2.31. The predicted octanol–water partition coefficient (Wildman–Crippen LogP) is 1.99. The number of amides is 1. The van der Waals surface area contributed by atoms with E-state index in [0.717, 1.165) is 25.1 Å². The number of likely N-dealkylation sites (tertiary alicyclic amines) is 1. The Hall–Kier alpha value is -1.10. The number of nitrogens with two attached hydrogens (primary N) is 1. The number of halogens is 1. The maximum atomic E-state index is 12.5. The van der Waals surface area contributed by atoms with Crippen LogP contribution in [-0.2, 0) is 9.53 Å². The fourth-order valence-corrected chi connectivity index (χ4v) is 2.55. The summed E-state index contributed by atoms with van der Waals surface area (Å²) in [6.07, 6.45) is 0.446.